The summed E-state index contributed by atoms with van der Waals surface area (Å²) in [5, 5.41) is 8.14. The molecule has 38 heavy (non-hydrogen) atoms. The Hall–Kier alpha value is -2.74. The van der Waals surface area contributed by atoms with Crippen molar-refractivity contribution in [2.45, 2.75) is 52.6 Å². The summed E-state index contributed by atoms with van der Waals surface area (Å²) >= 11 is 13.8. The molecule has 2 heterocycles. The molecule has 1 amide bonds. The second kappa shape index (κ2) is 10.4. The molecule has 0 radical (unpaired) electrons. The topological polar surface area (TPSA) is 76.7 Å². The number of esters is 1. The highest BCUT2D eigenvalue weighted by Gasteiger charge is 2.37. The van der Waals surface area contributed by atoms with Crippen molar-refractivity contribution in [3.63, 3.8) is 0 Å². The Morgan fingerprint density at radius 3 is 2.63 bits per heavy atom. The average molecular weight is 574 g/mol. The first-order chi connectivity index (χ1) is 18.1. The second-order valence-electron chi connectivity index (χ2n) is 10.5. The van der Waals surface area contributed by atoms with Gasteiger partial charge in [0.25, 0.3) is 5.91 Å². The van der Waals surface area contributed by atoms with Gasteiger partial charge in [0.2, 0.25) is 0 Å². The highest BCUT2D eigenvalue weighted by Crippen LogP contribution is 2.47. The van der Waals surface area contributed by atoms with E-state index < -0.39 is 12.1 Å². The van der Waals surface area contributed by atoms with Crippen molar-refractivity contribution in [2.75, 3.05) is 12.4 Å². The van der Waals surface area contributed by atoms with Gasteiger partial charge in [0, 0.05) is 9.90 Å². The Bertz CT molecular complexity index is 1420. The Labute approximate surface area is 236 Å². The van der Waals surface area contributed by atoms with Crippen molar-refractivity contribution in [1.29, 1.82) is 0 Å². The van der Waals surface area contributed by atoms with Crippen LogP contribution in [0.2, 0.25) is 10.0 Å². The zero-order valence-electron chi connectivity index (χ0n) is 21.7. The molecule has 0 bridgehead atoms. The number of methoxy groups -OCH3 is 1. The maximum atomic E-state index is 13.2. The molecule has 9 heteroatoms. The summed E-state index contributed by atoms with van der Waals surface area (Å²) in [6.45, 7) is 6.94. The fraction of sp³-hybridized carbons (Fsp3) is 0.379. The first-order valence-electron chi connectivity index (χ1n) is 12.7. The minimum Gasteiger partial charge on any atom is -0.493 e. The smallest absolute Gasteiger partial charge is 0.345 e. The zero-order valence-corrected chi connectivity index (χ0v) is 24.1. The largest absolute Gasteiger partial charge is 0.493 e. The van der Waals surface area contributed by atoms with Gasteiger partial charge in [-0.05, 0) is 72.1 Å². The molecule has 3 aromatic rings. The van der Waals surface area contributed by atoms with Gasteiger partial charge >= 0.3 is 5.97 Å². The van der Waals surface area contributed by atoms with Gasteiger partial charge in [0.15, 0.2) is 11.5 Å². The molecule has 1 aliphatic heterocycles. The van der Waals surface area contributed by atoms with Crippen molar-refractivity contribution in [3.8, 4) is 11.5 Å². The molecular weight excluding hydrogens is 543 g/mol. The first kappa shape index (κ1) is 26.9. The number of halogens is 2. The van der Waals surface area contributed by atoms with Gasteiger partial charge in [-0.3, -0.25) is 4.79 Å². The summed E-state index contributed by atoms with van der Waals surface area (Å²) in [7, 11) is 1.50. The van der Waals surface area contributed by atoms with E-state index in [0.29, 0.717) is 16.7 Å². The van der Waals surface area contributed by atoms with E-state index in [9.17, 15) is 9.59 Å². The monoisotopic (exact) mass is 572 g/mol. The lowest BCUT2D eigenvalue weighted by molar-refractivity contribution is 0.0729. The second-order valence-corrected chi connectivity index (χ2v) is 12.4. The molecule has 5 rings (SSSR count). The maximum absolute atomic E-state index is 13.2. The molecule has 1 aromatic heterocycles. The van der Waals surface area contributed by atoms with Gasteiger partial charge in [-0.2, -0.15) is 0 Å². The van der Waals surface area contributed by atoms with Crippen LogP contribution in [0.15, 0.2) is 36.4 Å². The highest BCUT2D eigenvalue weighted by atomic mass is 35.5. The number of carbonyl (C=O) groups is 2. The van der Waals surface area contributed by atoms with Crippen LogP contribution in [0.25, 0.3) is 0 Å². The summed E-state index contributed by atoms with van der Waals surface area (Å²) in [6.07, 6.45) is 3.74. The molecule has 0 saturated carbocycles. The third-order valence-corrected chi connectivity index (χ3v) is 9.67. The molecule has 0 spiro atoms. The average Bonchev–Trinajstić information content (AvgIpc) is 3.27. The van der Waals surface area contributed by atoms with Crippen molar-refractivity contribution >= 4 is 51.4 Å². The van der Waals surface area contributed by atoms with Crippen LogP contribution in [-0.4, -0.2) is 19.0 Å². The predicted molar refractivity (Wildman–Crippen MR) is 152 cm³/mol. The Kier molecular flexibility index (Phi) is 7.37. The highest BCUT2D eigenvalue weighted by molar-refractivity contribution is 7.16. The number of hydrogen-bond acceptors (Lipinski definition) is 6. The minimum absolute atomic E-state index is 0.0682. The van der Waals surface area contributed by atoms with E-state index in [-0.39, 0.29) is 27.7 Å². The number of nitrogens with one attached hydrogen (secondary N) is 2. The third-order valence-electron chi connectivity index (χ3n) is 7.93. The molecule has 2 unspecified atom stereocenters. The number of amides is 1. The van der Waals surface area contributed by atoms with Crippen molar-refractivity contribution < 1.29 is 19.1 Å². The number of ether oxygens (including phenoxy) is 2. The molecular formula is C29H30Cl2N2O4S. The lowest BCUT2D eigenvalue weighted by atomic mass is 9.69. The van der Waals surface area contributed by atoms with E-state index in [1.165, 1.54) is 29.7 Å². The lowest BCUT2D eigenvalue weighted by Crippen LogP contribution is -2.38. The van der Waals surface area contributed by atoms with Crippen LogP contribution in [0.3, 0.4) is 0 Å². The summed E-state index contributed by atoms with van der Waals surface area (Å²) < 4.78 is 11.1. The van der Waals surface area contributed by atoms with Gasteiger partial charge in [0.05, 0.1) is 23.3 Å². The number of rotatable bonds is 6. The SMILES string of the molecule is CCC(C)(C)C1CCc2c(sc3c2C(=O)NC(c2ccc(OC(=O)c4ccc(Cl)cc4Cl)c(OC)c2)N3)C1. The van der Waals surface area contributed by atoms with E-state index in [1.54, 1.807) is 35.6 Å². The summed E-state index contributed by atoms with van der Waals surface area (Å²) in [5.74, 6) is 0.520. The molecule has 2 aromatic carbocycles. The number of anilines is 1. The first-order valence-corrected chi connectivity index (χ1v) is 14.3. The summed E-state index contributed by atoms with van der Waals surface area (Å²) in [5.41, 5.74) is 3.23. The number of benzene rings is 2. The Morgan fingerprint density at radius 2 is 1.92 bits per heavy atom. The summed E-state index contributed by atoms with van der Waals surface area (Å²) in [6, 6.07) is 9.77. The van der Waals surface area contributed by atoms with Gasteiger partial charge in [-0.15, -0.1) is 11.3 Å². The zero-order chi connectivity index (χ0) is 27.2. The van der Waals surface area contributed by atoms with Gasteiger partial charge in [-0.25, -0.2) is 4.79 Å². The molecule has 2 atom stereocenters. The minimum atomic E-state index is -0.625. The van der Waals surface area contributed by atoms with E-state index in [0.717, 1.165) is 41.8 Å². The van der Waals surface area contributed by atoms with Crippen molar-refractivity contribution in [2.24, 2.45) is 11.3 Å². The number of fused-ring (bicyclic) bond motifs is 3. The van der Waals surface area contributed by atoms with Gasteiger partial charge < -0.3 is 20.1 Å². The van der Waals surface area contributed by atoms with Crippen LogP contribution in [0.4, 0.5) is 5.00 Å². The fourth-order valence-corrected chi connectivity index (χ4v) is 7.02. The number of carbonyl (C=O) groups excluding carboxylic acids is 2. The summed E-state index contributed by atoms with van der Waals surface area (Å²) in [4.78, 5) is 27.3. The van der Waals surface area contributed by atoms with Crippen LogP contribution in [0.1, 0.15) is 76.5 Å². The number of hydrogen-bond donors (Lipinski definition) is 2. The predicted octanol–water partition coefficient (Wildman–Crippen LogP) is 7.68. The van der Waals surface area contributed by atoms with E-state index in [1.807, 2.05) is 0 Å². The van der Waals surface area contributed by atoms with Crippen LogP contribution >= 0.6 is 34.5 Å². The van der Waals surface area contributed by atoms with Crippen LogP contribution in [-0.2, 0) is 12.8 Å². The Morgan fingerprint density at radius 1 is 1.13 bits per heavy atom. The van der Waals surface area contributed by atoms with Crippen LogP contribution in [0.5, 0.6) is 11.5 Å². The van der Waals surface area contributed by atoms with E-state index in [2.05, 4.69) is 31.4 Å². The molecule has 2 aliphatic rings. The molecule has 200 valence electrons. The standard InChI is InChI=1S/C29H30Cl2N2O4S/c1-5-29(2,3)16-7-9-19-23(13-16)38-27-24(19)26(34)32-25(33-27)15-6-11-21(22(12-15)36-4)37-28(35)18-10-8-17(30)14-20(18)31/h6,8,10-12,14,16,25,33H,5,7,9,13H2,1-4H3,(H,32,34). The third kappa shape index (κ3) is 4.99. The molecule has 0 fully saturated rings. The molecule has 1 aliphatic carbocycles. The van der Waals surface area contributed by atoms with Crippen LogP contribution < -0.4 is 20.1 Å². The maximum Gasteiger partial charge on any atom is 0.345 e. The van der Waals surface area contributed by atoms with Crippen molar-refractivity contribution in [1.82, 2.24) is 5.32 Å². The van der Waals surface area contributed by atoms with Gasteiger partial charge in [0.1, 0.15) is 11.2 Å². The molecule has 0 saturated heterocycles. The normalized spacial score (nSPS) is 18.6. The van der Waals surface area contributed by atoms with Crippen molar-refractivity contribution in [3.05, 3.63) is 73.6 Å². The quantitative estimate of drug-likeness (QED) is 0.234. The lowest BCUT2D eigenvalue weighted by Gasteiger charge is -2.36. The Balaban J connectivity index is 1.36. The molecule has 2 N–H and O–H groups in total. The fourth-order valence-electron chi connectivity index (χ4n) is 5.18. The van der Waals surface area contributed by atoms with E-state index >= 15 is 0 Å². The van der Waals surface area contributed by atoms with Crippen LogP contribution in [0, 0.1) is 11.3 Å². The van der Waals surface area contributed by atoms with Gasteiger partial charge in [-0.1, -0.05) is 56.5 Å². The number of thiophene rings is 1. The van der Waals surface area contributed by atoms with E-state index in [4.69, 9.17) is 32.7 Å². The molecule has 6 nitrogen and oxygen atoms in total.